The van der Waals surface area contributed by atoms with Crippen LogP contribution in [0.5, 0.6) is 0 Å². The van der Waals surface area contributed by atoms with E-state index in [-0.39, 0.29) is 23.9 Å². The molecule has 118 valence electrons. The summed E-state index contributed by atoms with van der Waals surface area (Å²) in [7, 11) is -3.38. The molecule has 0 amide bonds. The Morgan fingerprint density at radius 2 is 1.62 bits per heavy atom. The van der Waals surface area contributed by atoms with E-state index < -0.39 is 10.0 Å². The summed E-state index contributed by atoms with van der Waals surface area (Å²) >= 11 is 0. The largest absolute Gasteiger partial charge is 0.316 e. The molecule has 0 radical (unpaired) electrons. The Balaban J connectivity index is 0.00000161. The number of piperidine rings is 1. The minimum Gasteiger partial charge on any atom is -0.316 e. The molecule has 6 heteroatoms. The first kappa shape index (κ1) is 16.7. The van der Waals surface area contributed by atoms with Crippen LogP contribution in [0.25, 0.3) is 0 Å². The van der Waals surface area contributed by atoms with Gasteiger partial charge >= 0.3 is 0 Å². The van der Waals surface area contributed by atoms with E-state index in [1.54, 1.807) is 12.1 Å². The van der Waals surface area contributed by atoms with E-state index in [9.17, 15) is 8.42 Å². The van der Waals surface area contributed by atoms with Crippen LogP contribution < -0.4 is 10.0 Å². The maximum absolute atomic E-state index is 12.3. The zero-order chi connectivity index (χ0) is 14.5. The first-order valence-electron chi connectivity index (χ1n) is 7.13. The molecule has 2 unspecified atom stereocenters. The quantitative estimate of drug-likeness (QED) is 0.890. The first-order chi connectivity index (χ1) is 9.29. The average molecular weight is 331 g/mol. The third kappa shape index (κ3) is 3.26. The van der Waals surface area contributed by atoms with Crippen LogP contribution in [0.4, 0.5) is 0 Å². The molecule has 0 spiro atoms. The molecule has 0 bridgehead atoms. The number of rotatable bonds is 3. The molecule has 0 aromatic heterocycles. The van der Waals surface area contributed by atoms with Crippen molar-refractivity contribution in [2.45, 2.75) is 37.1 Å². The number of halogens is 1. The van der Waals surface area contributed by atoms with Crippen LogP contribution in [-0.4, -0.2) is 27.5 Å². The summed E-state index contributed by atoms with van der Waals surface area (Å²) in [5.74, 6) is 0.970. The minimum absolute atomic E-state index is 0. The number of hydrogen-bond acceptors (Lipinski definition) is 3. The molecule has 3 rings (SSSR count). The highest BCUT2D eigenvalue weighted by Crippen LogP contribution is 2.42. The van der Waals surface area contributed by atoms with Gasteiger partial charge in [-0.05, 0) is 48.0 Å². The van der Waals surface area contributed by atoms with Gasteiger partial charge in [0.25, 0.3) is 0 Å². The Morgan fingerprint density at radius 1 is 1.10 bits per heavy atom. The molecule has 1 aromatic carbocycles. The van der Waals surface area contributed by atoms with Gasteiger partial charge in [-0.1, -0.05) is 32.9 Å². The minimum atomic E-state index is -3.38. The van der Waals surface area contributed by atoms with Gasteiger partial charge in [0.1, 0.15) is 0 Å². The van der Waals surface area contributed by atoms with Gasteiger partial charge < -0.3 is 5.32 Å². The molecule has 2 atom stereocenters. The maximum atomic E-state index is 12.3. The third-order valence-electron chi connectivity index (χ3n) is 4.41. The summed E-state index contributed by atoms with van der Waals surface area (Å²) in [4.78, 5) is 0.364. The number of hydrogen-bond donors (Lipinski definition) is 2. The molecule has 2 aliphatic rings. The lowest BCUT2D eigenvalue weighted by Gasteiger charge is -2.19. The second kappa shape index (κ2) is 5.54. The fourth-order valence-electron chi connectivity index (χ4n) is 2.97. The first-order valence-corrected chi connectivity index (χ1v) is 8.61. The van der Waals surface area contributed by atoms with E-state index in [0.717, 1.165) is 18.7 Å². The SMILES string of the molecule is CC(C)(C)c1ccc(S(=O)(=O)NC2C3CNCC32)cc1.Cl. The summed E-state index contributed by atoms with van der Waals surface area (Å²) in [5, 5.41) is 3.27. The molecule has 21 heavy (non-hydrogen) atoms. The molecule has 4 nitrogen and oxygen atoms in total. The van der Waals surface area contributed by atoms with Gasteiger partial charge in [-0.2, -0.15) is 0 Å². The summed E-state index contributed by atoms with van der Waals surface area (Å²) in [6.45, 7) is 8.22. The van der Waals surface area contributed by atoms with Crippen LogP contribution in [0.2, 0.25) is 0 Å². The van der Waals surface area contributed by atoms with Crippen LogP contribution in [0.15, 0.2) is 29.2 Å². The average Bonchev–Trinajstić information content (AvgIpc) is 2.82. The van der Waals surface area contributed by atoms with Crippen molar-refractivity contribution in [1.82, 2.24) is 10.0 Å². The monoisotopic (exact) mass is 330 g/mol. The van der Waals surface area contributed by atoms with E-state index in [4.69, 9.17) is 0 Å². The van der Waals surface area contributed by atoms with Crippen molar-refractivity contribution in [2.24, 2.45) is 11.8 Å². The molecule has 1 aliphatic heterocycles. The number of nitrogens with one attached hydrogen (secondary N) is 2. The topological polar surface area (TPSA) is 58.2 Å². The van der Waals surface area contributed by atoms with Gasteiger partial charge in [0, 0.05) is 6.04 Å². The summed E-state index contributed by atoms with van der Waals surface area (Å²) in [6, 6.07) is 7.36. The van der Waals surface area contributed by atoms with Gasteiger partial charge in [0.15, 0.2) is 0 Å². The van der Waals surface area contributed by atoms with Crippen LogP contribution in [0, 0.1) is 11.8 Å². The fourth-order valence-corrected chi connectivity index (χ4v) is 4.31. The van der Waals surface area contributed by atoms with Crippen molar-refractivity contribution < 1.29 is 8.42 Å². The molecule has 1 aromatic rings. The summed E-state index contributed by atoms with van der Waals surface area (Å²) in [5.41, 5.74) is 1.18. The second-order valence-electron chi connectivity index (χ2n) is 6.91. The van der Waals surface area contributed by atoms with Crippen LogP contribution in [0.3, 0.4) is 0 Å². The fraction of sp³-hybridized carbons (Fsp3) is 0.600. The van der Waals surface area contributed by atoms with Crippen molar-refractivity contribution in [3.05, 3.63) is 29.8 Å². The highest BCUT2D eigenvalue weighted by Gasteiger charge is 2.54. The summed E-state index contributed by atoms with van der Waals surface area (Å²) < 4.78 is 27.5. The van der Waals surface area contributed by atoms with Crippen LogP contribution >= 0.6 is 12.4 Å². The Hall–Kier alpha value is -0.620. The Morgan fingerprint density at radius 3 is 2.10 bits per heavy atom. The lowest BCUT2D eigenvalue weighted by Crippen LogP contribution is -2.32. The maximum Gasteiger partial charge on any atom is 0.240 e. The van der Waals surface area contributed by atoms with Gasteiger partial charge in [-0.25, -0.2) is 13.1 Å². The Kier molecular flexibility index (Phi) is 4.42. The summed E-state index contributed by atoms with van der Waals surface area (Å²) in [6.07, 6.45) is 0. The lowest BCUT2D eigenvalue weighted by atomic mass is 9.87. The predicted molar refractivity (Wildman–Crippen MR) is 86.3 cm³/mol. The van der Waals surface area contributed by atoms with Gasteiger partial charge in [0.2, 0.25) is 10.0 Å². The van der Waals surface area contributed by atoms with Crippen molar-refractivity contribution >= 4 is 22.4 Å². The molecule has 1 aliphatic carbocycles. The van der Waals surface area contributed by atoms with Crippen molar-refractivity contribution in [3.63, 3.8) is 0 Å². The Labute approximate surface area is 133 Å². The second-order valence-corrected chi connectivity index (χ2v) is 8.62. The number of fused-ring (bicyclic) bond motifs is 1. The van der Waals surface area contributed by atoms with E-state index in [1.807, 2.05) is 12.1 Å². The molecule has 1 saturated carbocycles. The molecule has 1 heterocycles. The molecule has 2 N–H and O–H groups in total. The smallest absolute Gasteiger partial charge is 0.240 e. The Bertz CT molecular complexity index is 598. The molecule has 2 fully saturated rings. The van der Waals surface area contributed by atoms with Gasteiger partial charge in [-0.15, -0.1) is 12.4 Å². The van der Waals surface area contributed by atoms with E-state index in [1.165, 1.54) is 0 Å². The zero-order valence-electron chi connectivity index (χ0n) is 12.6. The van der Waals surface area contributed by atoms with Crippen molar-refractivity contribution in [1.29, 1.82) is 0 Å². The number of sulfonamides is 1. The molecular weight excluding hydrogens is 308 g/mol. The zero-order valence-corrected chi connectivity index (χ0v) is 14.2. The number of benzene rings is 1. The lowest BCUT2D eigenvalue weighted by molar-refractivity contribution is 0.564. The predicted octanol–water partition coefficient (Wildman–Crippen LogP) is 1.90. The standard InChI is InChI=1S/C15H22N2O2S.ClH/c1-15(2,3)10-4-6-11(7-5-10)20(18,19)17-14-12-8-16-9-13(12)14;/h4-7,12-14,16-17H,8-9H2,1-3H3;1H. The highest BCUT2D eigenvalue weighted by atomic mass is 35.5. The normalized spacial score (nSPS) is 27.9. The molecular formula is C15H23ClN2O2S. The van der Waals surface area contributed by atoms with Crippen molar-refractivity contribution in [3.8, 4) is 0 Å². The van der Waals surface area contributed by atoms with E-state index >= 15 is 0 Å². The van der Waals surface area contributed by atoms with E-state index in [2.05, 4.69) is 30.8 Å². The third-order valence-corrected chi connectivity index (χ3v) is 5.89. The van der Waals surface area contributed by atoms with Crippen molar-refractivity contribution in [2.75, 3.05) is 13.1 Å². The van der Waals surface area contributed by atoms with E-state index in [0.29, 0.717) is 16.7 Å². The van der Waals surface area contributed by atoms with Crippen LogP contribution in [-0.2, 0) is 15.4 Å². The van der Waals surface area contributed by atoms with Crippen LogP contribution in [0.1, 0.15) is 26.3 Å². The highest BCUT2D eigenvalue weighted by molar-refractivity contribution is 7.89. The van der Waals surface area contributed by atoms with Gasteiger partial charge in [0.05, 0.1) is 4.90 Å². The molecule has 1 saturated heterocycles. The van der Waals surface area contributed by atoms with Gasteiger partial charge in [-0.3, -0.25) is 0 Å².